The van der Waals surface area contributed by atoms with Gasteiger partial charge in [-0.3, -0.25) is 14.5 Å². The largest absolute Gasteiger partial charge is 0.469 e. The van der Waals surface area contributed by atoms with Crippen molar-refractivity contribution in [1.82, 2.24) is 10.2 Å². The zero-order valence-corrected chi connectivity index (χ0v) is 11.0. The summed E-state index contributed by atoms with van der Waals surface area (Å²) >= 11 is 1.56. The van der Waals surface area contributed by atoms with E-state index in [0.29, 0.717) is 19.5 Å². The highest BCUT2D eigenvalue weighted by atomic mass is 32.1. The molecule has 1 fully saturated rings. The number of amides is 1. The first kappa shape index (κ1) is 13.0. The van der Waals surface area contributed by atoms with E-state index in [1.165, 1.54) is 7.11 Å². The van der Waals surface area contributed by atoms with Crippen molar-refractivity contribution in [3.8, 4) is 0 Å². The highest BCUT2D eigenvalue weighted by Gasteiger charge is 2.31. The molecule has 1 aliphatic rings. The molecule has 1 aromatic rings. The third-order valence-corrected chi connectivity index (χ3v) is 3.88. The van der Waals surface area contributed by atoms with Crippen molar-refractivity contribution in [1.29, 1.82) is 0 Å². The van der Waals surface area contributed by atoms with Crippen molar-refractivity contribution < 1.29 is 14.3 Å². The SMILES string of the molecule is COC(=O)CCN1CCNC(=O)[C@@H]1c1cccs1. The Balaban J connectivity index is 2.06. The highest BCUT2D eigenvalue weighted by Crippen LogP contribution is 2.27. The van der Waals surface area contributed by atoms with Crippen LogP contribution in [0.1, 0.15) is 17.3 Å². The van der Waals surface area contributed by atoms with E-state index in [0.717, 1.165) is 11.4 Å². The van der Waals surface area contributed by atoms with Crippen LogP contribution in [0.3, 0.4) is 0 Å². The average Bonchev–Trinajstić information content (AvgIpc) is 2.89. The summed E-state index contributed by atoms with van der Waals surface area (Å²) in [6.07, 6.45) is 0.311. The molecule has 18 heavy (non-hydrogen) atoms. The Morgan fingerprint density at radius 1 is 1.67 bits per heavy atom. The zero-order valence-electron chi connectivity index (χ0n) is 10.2. The zero-order chi connectivity index (χ0) is 13.0. The molecule has 0 radical (unpaired) electrons. The summed E-state index contributed by atoms with van der Waals surface area (Å²) in [5.41, 5.74) is 0. The summed E-state index contributed by atoms with van der Waals surface area (Å²) in [6, 6.07) is 3.61. The fraction of sp³-hybridized carbons (Fsp3) is 0.500. The first-order valence-electron chi connectivity index (χ1n) is 5.84. The number of nitrogens with zero attached hydrogens (tertiary/aromatic N) is 1. The van der Waals surface area contributed by atoms with Gasteiger partial charge in [0, 0.05) is 24.5 Å². The molecule has 0 saturated carbocycles. The van der Waals surface area contributed by atoms with Crippen LogP contribution in [0.4, 0.5) is 0 Å². The van der Waals surface area contributed by atoms with Gasteiger partial charge in [-0.1, -0.05) is 6.07 Å². The molecular formula is C12H16N2O3S. The van der Waals surface area contributed by atoms with Gasteiger partial charge < -0.3 is 10.1 Å². The van der Waals surface area contributed by atoms with E-state index in [9.17, 15) is 9.59 Å². The quantitative estimate of drug-likeness (QED) is 0.820. The number of esters is 1. The number of carbonyl (C=O) groups excluding carboxylic acids is 2. The lowest BCUT2D eigenvalue weighted by atomic mass is 10.1. The standard InChI is InChI=1S/C12H16N2O3S/c1-17-10(15)4-6-14-7-5-13-12(16)11(14)9-3-2-8-18-9/h2-3,8,11H,4-7H2,1H3,(H,13,16)/t11-/m0/s1. The smallest absolute Gasteiger partial charge is 0.306 e. The number of nitrogens with one attached hydrogen (secondary N) is 1. The lowest BCUT2D eigenvalue weighted by Crippen LogP contribution is -2.50. The topological polar surface area (TPSA) is 58.6 Å². The number of carbonyl (C=O) groups is 2. The Hall–Kier alpha value is -1.40. The molecule has 0 bridgehead atoms. The van der Waals surface area contributed by atoms with Crippen LogP contribution in [0.5, 0.6) is 0 Å². The average molecular weight is 268 g/mol. The van der Waals surface area contributed by atoms with Crippen LogP contribution in [-0.2, 0) is 14.3 Å². The molecule has 1 N–H and O–H groups in total. The van der Waals surface area contributed by atoms with Crippen LogP contribution < -0.4 is 5.32 Å². The Kier molecular flexibility index (Phi) is 4.33. The fourth-order valence-corrected chi connectivity index (χ4v) is 2.90. The van der Waals surface area contributed by atoms with E-state index in [4.69, 9.17) is 0 Å². The molecule has 1 saturated heterocycles. The van der Waals surface area contributed by atoms with Crippen LogP contribution in [-0.4, -0.2) is 43.5 Å². The van der Waals surface area contributed by atoms with E-state index < -0.39 is 0 Å². The van der Waals surface area contributed by atoms with Crippen molar-refractivity contribution in [2.24, 2.45) is 0 Å². The molecule has 2 rings (SSSR count). The summed E-state index contributed by atoms with van der Waals surface area (Å²) in [5.74, 6) is -0.237. The number of piperazine rings is 1. The minimum absolute atomic E-state index is 0.00793. The van der Waals surface area contributed by atoms with E-state index >= 15 is 0 Å². The number of hydrogen-bond acceptors (Lipinski definition) is 5. The summed E-state index contributed by atoms with van der Waals surface area (Å²) in [7, 11) is 1.38. The number of ether oxygens (including phenoxy) is 1. The lowest BCUT2D eigenvalue weighted by Gasteiger charge is -2.34. The second-order valence-electron chi connectivity index (χ2n) is 4.07. The van der Waals surface area contributed by atoms with E-state index in [2.05, 4.69) is 10.1 Å². The second kappa shape index (κ2) is 5.97. The van der Waals surface area contributed by atoms with E-state index in [1.807, 2.05) is 22.4 Å². The summed E-state index contributed by atoms with van der Waals surface area (Å²) in [5, 5.41) is 4.82. The highest BCUT2D eigenvalue weighted by molar-refractivity contribution is 7.10. The second-order valence-corrected chi connectivity index (χ2v) is 5.05. The molecule has 1 atom stereocenters. The van der Waals surface area contributed by atoms with Crippen LogP contribution in [0.15, 0.2) is 17.5 Å². The normalized spacial score (nSPS) is 20.5. The predicted molar refractivity (Wildman–Crippen MR) is 68.3 cm³/mol. The van der Waals surface area contributed by atoms with Crippen LogP contribution in [0.25, 0.3) is 0 Å². The van der Waals surface area contributed by atoms with E-state index in [-0.39, 0.29) is 17.9 Å². The summed E-state index contributed by atoms with van der Waals surface area (Å²) < 4.78 is 4.63. The Morgan fingerprint density at radius 2 is 2.50 bits per heavy atom. The van der Waals surface area contributed by atoms with Gasteiger partial charge in [0.2, 0.25) is 5.91 Å². The van der Waals surface area contributed by atoms with Crippen LogP contribution in [0, 0.1) is 0 Å². The molecule has 1 aromatic heterocycles. The van der Waals surface area contributed by atoms with Gasteiger partial charge in [-0.2, -0.15) is 0 Å². The molecule has 0 unspecified atom stereocenters. The molecule has 1 aliphatic heterocycles. The van der Waals surface area contributed by atoms with Gasteiger partial charge in [-0.05, 0) is 11.4 Å². The number of thiophene rings is 1. The van der Waals surface area contributed by atoms with Crippen molar-refractivity contribution in [3.63, 3.8) is 0 Å². The summed E-state index contributed by atoms with van der Waals surface area (Å²) in [6.45, 7) is 1.93. The van der Waals surface area contributed by atoms with E-state index in [1.54, 1.807) is 11.3 Å². The van der Waals surface area contributed by atoms with Gasteiger partial charge in [-0.15, -0.1) is 11.3 Å². The van der Waals surface area contributed by atoms with Crippen molar-refractivity contribution in [3.05, 3.63) is 22.4 Å². The van der Waals surface area contributed by atoms with Gasteiger partial charge in [0.05, 0.1) is 13.5 Å². The van der Waals surface area contributed by atoms with Gasteiger partial charge in [0.25, 0.3) is 0 Å². The van der Waals surface area contributed by atoms with Crippen molar-refractivity contribution in [2.45, 2.75) is 12.5 Å². The van der Waals surface area contributed by atoms with Crippen molar-refractivity contribution in [2.75, 3.05) is 26.7 Å². The van der Waals surface area contributed by atoms with Gasteiger partial charge in [-0.25, -0.2) is 0 Å². The van der Waals surface area contributed by atoms with Crippen LogP contribution in [0.2, 0.25) is 0 Å². The first-order chi connectivity index (χ1) is 8.72. The molecule has 0 spiro atoms. The maximum atomic E-state index is 12.0. The Labute approximate surface area is 110 Å². The molecule has 0 aromatic carbocycles. The fourth-order valence-electron chi connectivity index (χ4n) is 2.05. The minimum Gasteiger partial charge on any atom is -0.469 e. The molecular weight excluding hydrogens is 252 g/mol. The third-order valence-electron chi connectivity index (χ3n) is 2.96. The van der Waals surface area contributed by atoms with Gasteiger partial charge in [0.1, 0.15) is 6.04 Å². The monoisotopic (exact) mass is 268 g/mol. The molecule has 5 nitrogen and oxygen atoms in total. The van der Waals surface area contributed by atoms with Gasteiger partial charge in [0.15, 0.2) is 0 Å². The van der Waals surface area contributed by atoms with Crippen molar-refractivity contribution >= 4 is 23.2 Å². The third kappa shape index (κ3) is 2.88. The summed E-state index contributed by atoms with van der Waals surface area (Å²) in [4.78, 5) is 26.2. The lowest BCUT2D eigenvalue weighted by molar-refractivity contribution is -0.142. The Morgan fingerprint density at radius 3 is 3.17 bits per heavy atom. The maximum Gasteiger partial charge on any atom is 0.306 e. The molecule has 98 valence electrons. The molecule has 0 aliphatic carbocycles. The molecule has 2 heterocycles. The molecule has 1 amide bonds. The number of rotatable bonds is 4. The van der Waals surface area contributed by atoms with Crippen LogP contribution >= 0.6 is 11.3 Å². The maximum absolute atomic E-state index is 12.0. The minimum atomic E-state index is -0.275. The predicted octanol–water partition coefficient (Wildman–Crippen LogP) is 0.784. The van der Waals surface area contributed by atoms with Gasteiger partial charge >= 0.3 is 5.97 Å². The first-order valence-corrected chi connectivity index (χ1v) is 6.72. The molecule has 6 heteroatoms. The number of hydrogen-bond donors (Lipinski definition) is 1. The Bertz CT molecular complexity index is 419. The number of methoxy groups -OCH3 is 1.